The van der Waals surface area contributed by atoms with E-state index in [2.05, 4.69) is 25.1 Å². The molecular weight excluding hydrogens is 376 g/mol. The third-order valence-corrected chi connectivity index (χ3v) is 3.51. The van der Waals surface area contributed by atoms with E-state index in [1.165, 1.54) is 42.7 Å². The molecule has 0 saturated carbocycles. The lowest BCUT2D eigenvalue weighted by Crippen LogP contribution is -2.23. The Hall–Kier alpha value is -3.89. The van der Waals surface area contributed by atoms with Gasteiger partial charge in [-0.25, -0.2) is 19.4 Å². The van der Waals surface area contributed by atoms with Gasteiger partial charge in [-0.15, -0.1) is 0 Å². The Balaban J connectivity index is 1.70. The molecule has 3 aromatic rings. The smallest absolute Gasteiger partial charge is 0.387 e. The lowest BCUT2D eigenvalue weighted by atomic mass is 10.1. The molecule has 0 saturated heterocycles. The zero-order valence-corrected chi connectivity index (χ0v) is 14.1. The third kappa shape index (κ3) is 4.63. The number of aromatic carboxylic acids is 1. The van der Waals surface area contributed by atoms with E-state index in [4.69, 9.17) is 5.11 Å². The Morgan fingerprint density at radius 3 is 2.57 bits per heavy atom. The molecule has 3 rings (SSSR count). The van der Waals surface area contributed by atoms with Gasteiger partial charge in [-0.1, -0.05) is 0 Å². The number of amides is 1. The van der Waals surface area contributed by atoms with Crippen molar-refractivity contribution in [2.24, 2.45) is 0 Å². The molecule has 0 aliphatic carbocycles. The molecule has 11 heteroatoms. The fourth-order valence-electron chi connectivity index (χ4n) is 2.33. The molecule has 0 bridgehead atoms. The highest BCUT2D eigenvalue weighted by molar-refractivity contribution is 5.90. The maximum Gasteiger partial charge on any atom is 0.387 e. The summed E-state index contributed by atoms with van der Waals surface area (Å²) < 4.78 is 29.7. The van der Waals surface area contributed by atoms with Crippen molar-refractivity contribution in [3.8, 4) is 17.0 Å². The van der Waals surface area contributed by atoms with Crippen molar-refractivity contribution in [3.05, 3.63) is 54.5 Å². The zero-order chi connectivity index (χ0) is 20.1. The molecule has 1 aromatic carbocycles. The number of carboxylic acid groups (broad SMARTS) is 1. The molecule has 0 unspecified atom stereocenters. The molecule has 0 radical (unpaired) electrons. The second-order valence-corrected chi connectivity index (χ2v) is 5.40. The van der Waals surface area contributed by atoms with Crippen LogP contribution in [0.1, 0.15) is 10.5 Å². The molecule has 0 aliphatic heterocycles. The molecule has 2 N–H and O–H groups in total. The van der Waals surface area contributed by atoms with E-state index in [1.807, 2.05) is 0 Å². The highest BCUT2D eigenvalue weighted by Crippen LogP contribution is 2.22. The van der Waals surface area contributed by atoms with Gasteiger partial charge in [-0.05, 0) is 36.4 Å². The topological polar surface area (TPSA) is 119 Å². The van der Waals surface area contributed by atoms with Crippen molar-refractivity contribution in [3.63, 3.8) is 0 Å². The van der Waals surface area contributed by atoms with Gasteiger partial charge >= 0.3 is 12.6 Å². The van der Waals surface area contributed by atoms with Crippen LogP contribution in [0.3, 0.4) is 0 Å². The minimum Gasteiger partial charge on any atom is -0.477 e. The summed E-state index contributed by atoms with van der Waals surface area (Å²) in [5, 5.41) is 15.3. The fourth-order valence-corrected chi connectivity index (χ4v) is 2.33. The number of alkyl halides is 2. The Morgan fingerprint density at radius 1 is 1.14 bits per heavy atom. The summed E-state index contributed by atoms with van der Waals surface area (Å²) >= 11 is 0. The van der Waals surface area contributed by atoms with Crippen LogP contribution in [0.5, 0.6) is 5.75 Å². The van der Waals surface area contributed by atoms with E-state index in [1.54, 1.807) is 6.07 Å². The highest BCUT2D eigenvalue weighted by atomic mass is 19.3. The van der Waals surface area contributed by atoms with Crippen LogP contribution in [0.2, 0.25) is 0 Å². The number of ether oxygens (including phenoxy) is 1. The van der Waals surface area contributed by atoms with Crippen molar-refractivity contribution in [2.45, 2.75) is 13.2 Å². The van der Waals surface area contributed by atoms with E-state index in [0.29, 0.717) is 11.3 Å². The first kappa shape index (κ1) is 18.9. The van der Waals surface area contributed by atoms with Crippen LogP contribution >= 0.6 is 0 Å². The number of halogens is 2. The van der Waals surface area contributed by atoms with Crippen LogP contribution in [0.4, 0.5) is 14.7 Å². The minimum atomic E-state index is -2.91. The van der Waals surface area contributed by atoms with Gasteiger partial charge in [0.25, 0.3) is 0 Å². The number of hydrogen-bond donors (Lipinski definition) is 2. The maximum atomic E-state index is 12.2. The van der Waals surface area contributed by atoms with E-state index in [-0.39, 0.29) is 23.9 Å². The van der Waals surface area contributed by atoms with Crippen LogP contribution in [0.25, 0.3) is 11.3 Å². The average molecular weight is 389 g/mol. The summed E-state index contributed by atoms with van der Waals surface area (Å²) in [6, 6.07) is 8.66. The number of rotatable bonds is 7. The maximum absolute atomic E-state index is 12.2. The first-order valence-electron chi connectivity index (χ1n) is 7.85. The number of anilines is 1. The van der Waals surface area contributed by atoms with Gasteiger partial charge in [0.2, 0.25) is 11.9 Å². The number of hydrogen-bond acceptors (Lipinski definition) is 6. The minimum absolute atomic E-state index is 0.000520. The molecule has 0 aliphatic rings. The third-order valence-electron chi connectivity index (χ3n) is 3.51. The zero-order valence-electron chi connectivity index (χ0n) is 14.1. The summed E-state index contributed by atoms with van der Waals surface area (Å²) in [5.41, 5.74) is 0.912. The number of benzene rings is 1. The Labute approximate surface area is 156 Å². The second-order valence-electron chi connectivity index (χ2n) is 5.40. The summed E-state index contributed by atoms with van der Waals surface area (Å²) in [5.74, 6) is -1.76. The largest absolute Gasteiger partial charge is 0.477 e. The van der Waals surface area contributed by atoms with Gasteiger partial charge < -0.3 is 9.84 Å². The highest BCUT2D eigenvalue weighted by Gasteiger charge is 2.14. The van der Waals surface area contributed by atoms with Crippen LogP contribution in [0, 0.1) is 0 Å². The molecular formula is C17H13F2N5O4. The van der Waals surface area contributed by atoms with E-state index in [9.17, 15) is 18.4 Å². The number of nitrogens with one attached hydrogen (secondary N) is 1. The molecule has 0 atom stereocenters. The molecule has 28 heavy (non-hydrogen) atoms. The first-order chi connectivity index (χ1) is 13.4. The van der Waals surface area contributed by atoms with Gasteiger partial charge in [0.1, 0.15) is 18.0 Å². The summed E-state index contributed by atoms with van der Waals surface area (Å²) in [6.45, 7) is -3.25. The molecule has 1 amide bonds. The van der Waals surface area contributed by atoms with Crippen LogP contribution in [-0.2, 0) is 11.3 Å². The van der Waals surface area contributed by atoms with Gasteiger partial charge in [0, 0.05) is 18.0 Å². The van der Waals surface area contributed by atoms with Crippen LogP contribution in [0.15, 0.2) is 48.8 Å². The lowest BCUT2D eigenvalue weighted by Gasteiger charge is -2.08. The van der Waals surface area contributed by atoms with Gasteiger partial charge in [-0.3, -0.25) is 10.1 Å². The summed E-state index contributed by atoms with van der Waals surface area (Å²) in [6.07, 6.45) is 2.69. The predicted octanol–water partition coefficient (Wildman–Crippen LogP) is 2.28. The average Bonchev–Trinajstić information content (AvgIpc) is 3.10. The molecule has 0 fully saturated rings. The molecule has 2 aromatic heterocycles. The molecule has 0 spiro atoms. The van der Waals surface area contributed by atoms with E-state index in [0.717, 1.165) is 4.68 Å². The quantitative estimate of drug-likeness (QED) is 0.636. The van der Waals surface area contributed by atoms with Gasteiger partial charge in [-0.2, -0.15) is 13.9 Å². The van der Waals surface area contributed by atoms with E-state index < -0.39 is 18.5 Å². The van der Waals surface area contributed by atoms with Crippen molar-refractivity contribution >= 4 is 17.8 Å². The van der Waals surface area contributed by atoms with Crippen molar-refractivity contribution in [1.29, 1.82) is 0 Å². The van der Waals surface area contributed by atoms with Crippen LogP contribution in [-0.4, -0.2) is 43.3 Å². The SMILES string of the molecule is O=C(Cn1nccc1C(=O)O)Nc1nccc(-c2ccc(OC(F)F)cc2)n1. The Kier molecular flexibility index (Phi) is 5.53. The number of carboxylic acids is 1. The predicted molar refractivity (Wildman–Crippen MR) is 91.9 cm³/mol. The fraction of sp³-hybridized carbons (Fsp3) is 0.118. The number of nitrogens with zero attached hydrogens (tertiary/aromatic N) is 4. The lowest BCUT2D eigenvalue weighted by molar-refractivity contribution is -0.117. The number of carbonyl (C=O) groups is 2. The summed E-state index contributed by atoms with van der Waals surface area (Å²) in [7, 11) is 0. The van der Waals surface area contributed by atoms with Crippen LogP contribution < -0.4 is 10.1 Å². The molecule has 2 heterocycles. The van der Waals surface area contributed by atoms with Gasteiger partial charge in [0.05, 0.1) is 5.69 Å². The second kappa shape index (κ2) is 8.20. The van der Waals surface area contributed by atoms with Crippen molar-refractivity contribution in [1.82, 2.24) is 19.7 Å². The summed E-state index contributed by atoms with van der Waals surface area (Å²) in [4.78, 5) is 31.3. The Bertz CT molecular complexity index is 991. The van der Waals surface area contributed by atoms with Crippen molar-refractivity contribution < 1.29 is 28.2 Å². The van der Waals surface area contributed by atoms with E-state index >= 15 is 0 Å². The number of aromatic nitrogens is 4. The standard InChI is InChI=1S/C17H13F2N5O4/c18-16(19)28-11-3-1-10(2-4-11)12-5-7-20-17(22-12)23-14(25)9-24-13(15(26)27)6-8-21-24/h1-8,16H,9H2,(H,26,27)(H,20,22,23,25). The molecule has 9 nitrogen and oxygen atoms in total. The first-order valence-corrected chi connectivity index (χ1v) is 7.85. The monoisotopic (exact) mass is 389 g/mol. The Morgan fingerprint density at radius 2 is 1.89 bits per heavy atom. The number of carbonyl (C=O) groups excluding carboxylic acids is 1. The van der Waals surface area contributed by atoms with Crippen molar-refractivity contribution in [2.75, 3.05) is 5.32 Å². The molecule has 144 valence electrons. The normalized spacial score (nSPS) is 10.7. The van der Waals surface area contributed by atoms with Gasteiger partial charge in [0.15, 0.2) is 0 Å².